The average molecular weight is 189 g/mol. The van der Waals surface area contributed by atoms with Crippen LogP contribution in [0.4, 0.5) is 0 Å². The van der Waals surface area contributed by atoms with Crippen LogP contribution >= 0.6 is 11.8 Å². The number of nitrogens with zero attached hydrogens (tertiary/aromatic N) is 1. The van der Waals surface area contributed by atoms with Crippen molar-refractivity contribution in [2.45, 2.75) is 13.3 Å². The van der Waals surface area contributed by atoms with Crippen LogP contribution in [0, 0.1) is 5.41 Å². The molecule has 72 valence electrons. The molecular weight excluding hydrogens is 170 g/mol. The van der Waals surface area contributed by atoms with Gasteiger partial charge in [-0.2, -0.15) is 11.8 Å². The zero-order chi connectivity index (χ0) is 9.40. The Morgan fingerprint density at radius 1 is 1.50 bits per heavy atom. The van der Waals surface area contributed by atoms with Crippen molar-refractivity contribution in [3.63, 3.8) is 0 Å². The first-order valence-corrected chi connectivity index (χ1v) is 5.41. The summed E-state index contributed by atoms with van der Waals surface area (Å²) in [6.07, 6.45) is 0.688. The van der Waals surface area contributed by atoms with E-state index in [4.69, 9.17) is 11.1 Å². The number of thioether (sulfide) groups is 1. The molecule has 0 rings (SSSR count). The molecule has 0 aliphatic heterocycles. The van der Waals surface area contributed by atoms with Crippen LogP contribution in [0.25, 0.3) is 0 Å². The van der Waals surface area contributed by atoms with Gasteiger partial charge in [0, 0.05) is 25.3 Å². The molecule has 0 amide bonds. The van der Waals surface area contributed by atoms with E-state index >= 15 is 0 Å². The lowest BCUT2D eigenvalue weighted by molar-refractivity contribution is 0.366. The highest BCUT2D eigenvalue weighted by atomic mass is 32.2. The van der Waals surface area contributed by atoms with Crippen LogP contribution in [0.5, 0.6) is 0 Å². The third kappa shape index (κ3) is 7.88. The summed E-state index contributed by atoms with van der Waals surface area (Å²) in [5, 5.41) is 7.05. The second kappa shape index (κ2) is 7.43. The maximum Gasteiger partial charge on any atom is 0.0918 e. The monoisotopic (exact) mass is 189 g/mol. The molecule has 0 saturated heterocycles. The first kappa shape index (κ1) is 11.8. The van der Waals surface area contributed by atoms with E-state index in [1.807, 2.05) is 11.8 Å². The Hall–Kier alpha value is -0.220. The topological polar surface area (TPSA) is 53.1 Å². The Labute approximate surface area is 79.2 Å². The molecule has 0 saturated carbocycles. The second-order valence-electron chi connectivity index (χ2n) is 2.78. The van der Waals surface area contributed by atoms with Gasteiger partial charge < -0.3 is 10.6 Å². The van der Waals surface area contributed by atoms with Crippen LogP contribution in [0.3, 0.4) is 0 Å². The van der Waals surface area contributed by atoms with Crippen molar-refractivity contribution in [2.75, 3.05) is 31.6 Å². The minimum Gasteiger partial charge on any atom is -0.388 e. The SMILES string of the molecule is CCSCCN(C)CCC(=N)N. The summed E-state index contributed by atoms with van der Waals surface area (Å²) in [7, 11) is 2.07. The highest BCUT2D eigenvalue weighted by Gasteiger charge is 1.98. The number of amidine groups is 1. The highest BCUT2D eigenvalue weighted by molar-refractivity contribution is 7.99. The average Bonchev–Trinajstić information content (AvgIpc) is 2.01. The van der Waals surface area contributed by atoms with E-state index in [1.165, 1.54) is 11.5 Å². The molecule has 3 N–H and O–H groups in total. The van der Waals surface area contributed by atoms with Crippen molar-refractivity contribution in [2.24, 2.45) is 5.73 Å². The summed E-state index contributed by atoms with van der Waals surface area (Å²) in [6, 6.07) is 0. The van der Waals surface area contributed by atoms with Crippen molar-refractivity contribution in [1.82, 2.24) is 4.90 Å². The molecule has 0 heterocycles. The standard InChI is InChI=1S/C8H19N3S/c1-3-12-7-6-11(2)5-4-8(9)10/h3-7H2,1-2H3,(H3,9,10). The Kier molecular flexibility index (Phi) is 7.29. The molecule has 0 radical (unpaired) electrons. The van der Waals surface area contributed by atoms with Crippen molar-refractivity contribution in [3.8, 4) is 0 Å². The first-order chi connectivity index (χ1) is 5.66. The zero-order valence-electron chi connectivity index (χ0n) is 7.97. The van der Waals surface area contributed by atoms with Crippen LogP contribution in [0.1, 0.15) is 13.3 Å². The van der Waals surface area contributed by atoms with Gasteiger partial charge in [-0.3, -0.25) is 5.41 Å². The molecule has 3 nitrogen and oxygen atoms in total. The maximum absolute atomic E-state index is 7.05. The number of rotatable bonds is 7. The third-order valence-corrected chi connectivity index (χ3v) is 2.46. The van der Waals surface area contributed by atoms with E-state index in [2.05, 4.69) is 18.9 Å². The van der Waals surface area contributed by atoms with Crippen molar-refractivity contribution in [3.05, 3.63) is 0 Å². The zero-order valence-corrected chi connectivity index (χ0v) is 8.78. The van der Waals surface area contributed by atoms with Gasteiger partial charge in [0.05, 0.1) is 5.84 Å². The first-order valence-electron chi connectivity index (χ1n) is 4.26. The van der Waals surface area contributed by atoms with Crippen molar-refractivity contribution < 1.29 is 0 Å². The Morgan fingerprint density at radius 2 is 2.17 bits per heavy atom. The molecule has 0 aliphatic rings. The van der Waals surface area contributed by atoms with Gasteiger partial charge in [-0.1, -0.05) is 6.92 Å². The molecule has 0 aliphatic carbocycles. The molecule has 12 heavy (non-hydrogen) atoms. The fraction of sp³-hybridized carbons (Fsp3) is 0.875. The minimum atomic E-state index is 0.282. The van der Waals surface area contributed by atoms with Gasteiger partial charge in [0.25, 0.3) is 0 Å². The fourth-order valence-electron chi connectivity index (χ4n) is 0.788. The van der Waals surface area contributed by atoms with Gasteiger partial charge in [0.1, 0.15) is 0 Å². The molecule has 0 spiro atoms. The number of hydrogen-bond donors (Lipinski definition) is 2. The predicted molar refractivity (Wildman–Crippen MR) is 57.0 cm³/mol. The summed E-state index contributed by atoms with van der Waals surface area (Å²) in [5.74, 6) is 2.64. The lowest BCUT2D eigenvalue weighted by atomic mass is 10.4. The second-order valence-corrected chi connectivity index (χ2v) is 4.17. The quantitative estimate of drug-likeness (QED) is 0.357. The smallest absolute Gasteiger partial charge is 0.0918 e. The lowest BCUT2D eigenvalue weighted by Gasteiger charge is -2.15. The largest absolute Gasteiger partial charge is 0.388 e. The molecule has 0 aromatic carbocycles. The summed E-state index contributed by atoms with van der Waals surface area (Å²) in [5.41, 5.74) is 5.25. The van der Waals surface area contributed by atoms with E-state index in [0.29, 0.717) is 6.42 Å². The highest BCUT2D eigenvalue weighted by Crippen LogP contribution is 1.98. The van der Waals surface area contributed by atoms with E-state index in [9.17, 15) is 0 Å². The van der Waals surface area contributed by atoms with Crippen molar-refractivity contribution >= 4 is 17.6 Å². The minimum absolute atomic E-state index is 0.282. The van der Waals surface area contributed by atoms with Crippen LogP contribution in [0.15, 0.2) is 0 Å². The van der Waals surface area contributed by atoms with Crippen LogP contribution in [-0.4, -0.2) is 42.4 Å². The van der Waals surface area contributed by atoms with Crippen LogP contribution < -0.4 is 5.73 Å². The summed E-state index contributed by atoms with van der Waals surface area (Å²) < 4.78 is 0. The van der Waals surface area contributed by atoms with E-state index < -0.39 is 0 Å². The Bertz CT molecular complexity index is 127. The predicted octanol–water partition coefficient (Wildman–Crippen LogP) is 0.997. The Morgan fingerprint density at radius 3 is 2.67 bits per heavy atom. The van der Waals surface area contributed by atoms with Gasteiger partial charge in [0.15, 0.2) is 0 Å². The maximum atomic E-state index is 7.05. The fourth-order valence-corrected chi connectivity index (χ4v) is 1.52. The number of hydrogen-bond acceptors (Lipinski definition) is 3. The third-order valence-electron chi connectivity index (χ3n) is 1.58. The molecule has 0 aromatic rings. The van der Waals surface area contributed by atoms with E-state index in [1.54, 1.807) is 0 Å². The molecule has 0 fully saturated rings. The van der Waals surface area contributed by atoms with Crippen LogP contribution in [-0.2, 0) is 0 Å². The van der Waals surface area contributed by atoms with Crippen molar-refractivity contribution in [1.29, 1.82) is 5.41 Å². The number of nitrogens with one attached hydrogen (secondary N) is 1. The summed E-state index contributed by atoms with van der Waals surface area (Å²) in [4.78, 5) is 2.21. The van der Waals surface area contributed by atoms with Gasteiger partial charge in [0.2, 0.25) is 0 Å². The molecule has 4 heteroatoms. The molecule has 0 bridgehead atoms. The molecule has 0 aromatic heterocycles. The van der Waals surface area contributed by atoms with Gasteiger partial charge in [-0.15, -0.1) is 0 Å². The molecule has 0 unspecified atom stereocenters. The van der Waals surface area contributed by atoms with E-state index in [-0.39, 0.29) is 5.84 Å². The summed E-state index contributed by atoms with van der Waals surface area (Å²) >= 11 is 1.94. The number of nitrogens with two attached hydrogens (primary N) is 1. The lowest BCUT2D eigenvalue weighted by Crippen LogP contribution is -2.26. The summed E-state index contributed by atoms with van der Waals surface area (Å²) in [6.45, 7) is 4.16. The van der Waals surface area contributed by atoms with Crippen LogP contribution in [0.2, 0.25) is 0 Å². The molecular formula is C8H19N3S. The van der Waals surface area contributed by atoms with Gasteiger partial charge in [-0.05, 0) is 12.8 Å². The molecule has 0 atom stereocenters. The van der Waals surface area contributed by atoms with Gasteiger partial charge >= 0.3 is 0 Å². The normalized spacial score (nSPS) is 10.6. The van der Waals surface area contributed by atoms with Gasteiger partial charge in [-0.25, -0.2) is 0 Å². The Balaban J connectivity index is 3.21. The van der Waals surface area contributed by atoms with E-state index in [0.717, 1.165) is 13.1 Å².